The first-order valence-electron chi connectivity index (χ1n) is 7.12. The van der Waals surface area contributed by atoms with Gasteiger partial charge in [-0.25, -0.2) is 0 Å². The van der Waals surface area contributed by atoms with Crippen LogP contribution in [0.15, 0.2) is 18.2 Å². The van der Waals surface area contributed by atoms with E-state index in [2.05, 4.69) is 29.2 Å². The first kappa shape index (κ1) is 13.1. The molecule has 0 spiro atoms. The van der Waals surface area contributed by atoms with Gasteiger partial charge in [-0.05, 0) is 24.7 Å². The van der Waals surface area contributed by atoms with Crippen LogP contribution >= 0.6 is 11.8 Å². The molecule has 0 amide bonds. The molecule has 19 heavy (non-hydrogen) atoms. The summed E-state index contributed by atoms with van der Waals surface area (Å²) in [5, 5.41) is 3.65. The van der Waals surface area contributed by atoms with Gasteiger partial charge in [0.05, 0.1) is 13.2 Å². The first-order valence-corrected chi connectivity index (χ1v) is 8.27. The molecule has 3 rings (SSSR count). The van der Waals surface area contributed by atoms with Gasteiger partial charge in [0, 0.05) is 30.3 Å². The predicted molar refractivity (Wildman–Crippen MR) is 79.2 cm³/mol. The second-order valence-electron chi connectivity index (χ2n) is 5.09. The Hall–Kier alpha value is -0.870. The minimum Gasteiger partial charge on any atom is -0.490 e. The second-order valence-corrected chi connectivity index (χ2v) is 6.24. The van der Waals surface area contributed by atoms with Gasteiger partial charge in [0.25, 0.3) is 0 Å². The summed E-state index contributed by atoms with van der Waals surface area (Å²) in [6.45, 7) is 2.38. The van der Waals surface area contributed by atoms with E-state index < -0.39 is 0 Å². The first-order chi connectivity index (χ1) is 9.43. The van der Waals surface area contributed by atoms with Crippen molar-refractivity contribution in [1.82, 2.24) is 5.32 Å². The number of hydrogen-bond acceptors (Lipinski definition) is 4. The van der Waals surface area contributed by atoms with Crippen LogP contribution < -0.4 is 14.8 Å². The highest BCUT2D eigenvalue weighted by Crippen LogP contribution is 2.33. The number of ether oxygens (including phenoxy) is 2. The zero-order valence-corrected chi connectivity index (χ0v) is 12.0. The summed E-state index contributed by atoms with van der Waals surface area (Å²) in [7, 11) is 0. The Kier molecular flexibility index (Phi) is 4.51. The van der Waals surface area contributed by atoms with Gasteiger partial charge in [-0.1, -0.05) is 12.1 Å². The van der Waals surface area contributed by atoms with Crippen LogP contribution in [0.3, 0.4) is 0 Å². The monoisotopic (exact) mass is 279 g/mol. The fourth-order valence-corrected chi connectivity index (χ4v) is 3.66. The SMILES string of the molecule is c1cc(CNC2CCCSC2)c2c(c1)OCCCO2. The van der Waals surface area contributed by atoms with Gasteiger partial charge in [0.2, 0.25) is 0 Å². The minimum atomic E-state index is 0.640. The lowest BCUT2D eigenvalue weighted by atomic mass is 10.1. The Bertz CT molecular complexity index is 419. The molecule has 2 aliphatic rings. The van der Waals surface area contributed by atoms with Crippen molar-refractivity contribution in [2.24, 2.45) is 0 Å². The van der Waals surface area contributed by atoms with E-state index in [1.165, 1.54) is 29.9 Å². The van der Waals surface area contributed by atoms with Crippen molar-refractivity contribution in [2.45, 2.75) is 31.8 Å². The van der Waals surface area contributed by atoms with Crippen molar-refractivity contribution < 1.29 is 9.47 Å². The molecule has 2 aliphatic heterocycles. The number of rotatable bonds is 3. The number of fused-ring (bicyclic) bond motifs is 1. The van der Waals surface area contributed by atoms with Gasteiger partial charge in [-0.3, -0.25) is 0 Å². The molecule has 3 nitrogen and oxygen atoms in total. The summed E-state index contributed by atoms with van der Waals surface area (Å²) in [4.78, 5) is 0. The number of para-hydroxylation sites is 1. The van der Waals surface area contributed by atoms with Crippen molar-refractivity contribution in [3.05, 3.63) is 23.8 Å². The fourth-order valence-electron chi connectivity index (χ4n) is 2.55. The molecule has 0 aromatic heterocycles. The van der Waals surface area contributed by atoms with Crippen molar-refractivity contribution >= 4 is 11.8 Å². The fraction of sp³-hybridized carbons (Fsp3) is 0.600. The molecule has 0 saturated carbocycles. The quantitative estimate of drug-likeness (QED) is 0.921. The molecule has 4 heteroatoms. The topological polar surface area (TPSA) is 30.5 Å². The number of hydrogen-bond donors (Lipinski definition) is 1. The third-order valence-corrected chi connectivity index (χ3v) is 4.81. The van der Waals surface area contributed by atoms with E-state index >= 15 is 0 Å². The third kappa shape index (κ3) is 3.37. The van der Waals surface area contributed by atoms with Crippen molar-refractivity contribution in [1.29, 1.82) is 0 Å². The van der Waals surface area contributed by atoms with E-state index in [4.69, 9.17) is 9.47 Å². The third-order valence-electron chi connectivity index (χ3n) is 3.59. The minimum absolute atomic E-state index is 0.640. The molecular formula is C15H21NO2S. The maximum Gasteiger partial charge on any atom is 0.165 e. The van der Waals surface area contributed by atoms with E-state index in [1.807, 2.05) is 6.07 Å². The second kappa shape index (κ2) is 6.53. The molecule has 104 valence electrons. The lowest BCUT2D eigenvalue weighted by Crippen LogP contribution is -2.33. The van der Waals surface area contributed by atoms with Crippen LogP contribution in [0.25, 0.3) is 0 Å². The van der Waals surface area contributed by atoms with E-state index in [0.717, 1.165) is 37.7 Å². The maximum atomic E-state index is 5.85. The van der Waals surface area contributed by atoms with Gasteiger partial charge >= 0.3 is 0 Å². The molecule has 1 atom stereocenters. The Morgan fingerprint density at radius 1 is 1.21 bits per heavy atom. The highest BCUT2D eigenvalue weighted by Gasteiger charge is 2.17. The van der Waals surface area contributed by atoms with E-state index in [0.29, 0.717) is 6.04 Å². The molecule has 0 radical (unpaired) electrons. The van der Waals surface area contributed by atoms with E-state index in [-0.39, 0.29) is 0 Å². The van der Waals surface area contributed by atoms with Gasteiger partial charge in [0.15, 0.2) is 11.5 Å². The lowest BCUT2D eigenvalue weighted by molar-refractivity contribution is 0.295. The summed E-state index contributed by atoms with van der Waals surface area (Å²) in [5.41, 5.74) is 1.22. The molecule has 1 unspecified atom stereocenters. The Morgan fingerprint density at radius 3 is 3.05 bits per heavy atom. The largest absolute Gasteiger partial charge is 0.490 e. The van der Waals surface area contributed by atoms with Gasteiger partial charge < -0.3 is 14.8 Å². The summed E-state index contributed by atoms with van der Waals surface area (Å²) >= 11 is 2.05. The molecular weight excluding hydrogens is 258 g/mol. The summed E-state index contributed by atoms with van der Waals surface area (Å²) in [6.07, 6.45) is 3.58. The summed E-state index contributed by atoms with van der Waals surface area (Å²) < 4.78 is 11.6. The predicted octanol–water partition coefficient (Wildman–Crippen LogP) is 2.83. The average Bonchev–Trinajstić information content (AvgIpc) is 2.72. The molecule has 1 N–H and O–H groups in total. The molecule has 0 aliphatic carbocycles. The van der Waals surface area contributed by atoms with E-state index in [9.17, 15) is 0 Å². The molecule has 1 aromatic rings. The van der Waals surface area contributed by atoms with Gasteiger partial charge in [-0.15, -0.1) is 0 Å². The summed E-state index contributed by atoms with van der Waals surface area (Å²) in [5.74, 6) is 4.38. The maximum absolute atomic E-state index is 5.85. The van der Waals surface area contributed by atoms with Crippen LogP contribution in [0.2, 0.25) is 0 Å². The highest BCUT2D eigenvalue weighted by molar-refractivity contribution is 7.99. The lowest BCUT2D eigenvalue weighted by Gasteiger charge is -2.23. The number of nitrogens with one attached hydrogen (secondary N) is 1. The smallest absolute Gasteiger partial charge is 0.165 e. The molecule has 1 fully saturated rings. The standard InChI is InChI=1S/C15H21NO2S/c1-4-12(10-16-13-5-2-9-19-11-13)15-14(6-1)17-7-3-8-18-15/h1,4,6,13,16H,2-3,5,7-11H2. The van der Waals surface area contributed by atoms with E-state index in [1.54, 1.807) is 0 Å². The van der Waals surface area contributed by atoms with Crippen molar-refractivity contribution in [2.75, 3.05) is 24.7 Å². The normalized spacial score (nSPS) is 22.8. The van der Waals surface area contributed by atoms with Gasteiger partial charge in [-0.2, -0.15) is 11.8 Å². The number of thioether (sulfide) groups is 1. The van der Waals surface area contributed by atoms with Crippen LogP contribution in [0.5, 0.6) is 11.5 Å². The molecule has 2 heterocycles. The van der Waals surface area contributed by atoms with Crippen LogP contribution in [0, 0.1) is 0 Å². The van der Waals surface area contributed by atoms with Crippen LogP contribution in [-0.2, 0) is 6.54 Å². The Balaban J connectivity index is 1.66. The van der Waals surface area contributed by atoms with Crippen LogP contribution in [-0.4, -0.2) is 30.8 Å². The van der Waals surface area contributed by atoms with Crippen LogP contribution in [0.4, 0.5) is 0 Å². The number of benzene rings is 1. The average molecular weight is 279 g/mol. The summed E-state index contributed by atoms with van der Waals surface area (Å²) in [6, 6.07) is 6.83. The van der Waals surface area contributed by atoms with Crippen molar-refractivity contribution in [3.8, 4) is 11.5 Å². The zero-order chi connectivity index (χ0) is 12.9. The Morgan fingerprint density at radius 2 is 2.16 bits per heavy atom. The Labute approximate surface area is 119 Å². The molecule has 1 aromatic carbocycles. The molecule has 0 bridgehead atoms. The highest BCUT2D eigenvalue weighted by atomic mass is 32.2. The zero-order valence-electron chi connectivity index (χ0n) is 11.2. The molecule has 1 saturated heterocycles. The van der Waals surface area contributed by atoms with Crippen molar-refractivity contribution in [3.63, 3.8) is 0 Å². The van der Waals surface area contributed by atoms with Crippen LogP contribution in [0.1, 0.15) is 24.8 Å². The van der Waals surface area contributed by atoms with Gasteiger partial charge in [0.1, 0.15) is 0 Å².